The molecule has 0 fully saturated rings. The van der Waals surface area contributed by atoms with Crippen molar-refractivity contribution in [2.75, 3.05) is 19.0 Å². The molecule has 0 heterocycles. The Bertz CT molecular complexity index is 938. The molecule has 5 heteroatoms. The van der Waals surface area contributed by atoms with E-state index in [0.717, 1.165) is 17.0 Å². The van der Waals surface area contributed by atoms with E-state index < -0.39 is 0 Å². The second kappa shape index (κ2) is 9.37. The minimum Gasteiger partial charge on any atom is -0.496 e. The number of ether oxygens (including phenoxy) is 1. The van der Waals surface area contributed by atoms with Gasteiger partial charge in [-0.05, 0) is 54.4 Å². The maximum absolute atomic E-state index is 12.3. The lowest BCUT2D eigenvalue weighted by Crippen LogP contribution is -2.25. The largest absolute Gasteiger partial charge is 0.496 e. The number of methoxy groups -OCH3 is 1. The van der Waals surface area contributed by atoms with Gasteiger partial charge in [-0.15, -0.1) is 0 Å². The van der Waals surface area contributed by atoms with Gasteiger partial charge in [0.15, 0.2) is 0 Å². The molecular weight excluding hydrogens is 352 g/mol. The van der Waals surface area contributed by atoms with Gasteiger partial charge >= 0.3 is 0 Å². The maximum Gasteiger partial charge on any atom is 0.255 e. The highest BCUT2D eigenvalue weighted by molar-refractivity contribution is 6.05. The Morgan fingerprint density at radius 3 is 2.07 bits per heavy atom. The van der Waals surface area contributed by atoms with Crippen LogP contribution in [0.4, 0.5) is 5.69 Å². The van der Waals surface area contributed by atoms with Crippen molar-refractivity contribution in [1.29, 1.82) is 0 Å². The minimum absolute atomic E-state index is 0.176. The molecule has 5 nitrogen and oxygen atoms in total. The van der Waals surface area contributed by atoms with Crippen LogP contribution in [-0.2, 0) is 6.42 Å². The van der Waals surface area contributed by atoms with E-state index in [0.29, 0.717) is 24.1 Å². The van der Waals surface area contributed by atoms with Crippen LogP contribution in [-0.4, -0.2) is 25.5 Å². The predicted octanol–water partition coefficient (Wildman–Crippen LogP) is 3.92. The average Bonchev–Trinajstić information content (AvgIpc) is 2.75. The fourth-order valence-corrected chi connectivity index (χ4v) is 2.82. The van der Waals surface area contributed by atoms with Gasteiger partial charge in [-0.2, -0.15) is 0 Å². The number of carbonyl (C=O) groups excluding carboxylic acids is 2. The molecule has 0 spiro atoms. The zero-order valence-electron chi connectivity index (χ0n) is 15.6. The number of rotatable bonds is 7. The number of carbonyl (C=O) groups is 2. The fraction of sp³-hybridized carbons (Fsp3) is 0.130. The van der Waals surface area contributed by atoms with Crippen LogP contribution in [0.2, 0.25) is 0 Å². The molecule has 28 heavy (non-hydrogen) atoms. The summed E-state index contributed by atoms with van der Waals surface area (Å²) in [5.74, 6) is 0.421. The summed E-state index contributed by atoms with van der Waals surface area (Å²) < 4.78 is 5.32. The summed E-state index contributed by atoms with van der Waals surface area (Å²) >= 11 is 0. The average molecular weight is 374 g/mol. The normalized spacial score (nSPS) is 10.2. The zero-order valence-corrected chi connectivity index (χ0v) is 15.6. The lowest BCUT2D eigenvalue weighted by atomic mass is 10.1. The van der Waals surface area contributed by atoms with E-state index in [2.05, 4.69) is 10.6 Å². The standard InChI is InChI=1S/C23H22N2O3/c1-28-21-10-6-5-7-17(21)15-16-24-22(26)18-11-13-19(14-12-18)23(27)25-20-8-3-2-4-9-20/h2-14H,15-16H2,1H3,(H,24,26)(H,25,27). The Morgan fingerprint density at radius 1 is 0.786 bits per heavy atom. The van der Waals surface area contributed by atoms with Crippen molar-refractivity contribution in [2.24, 2.45) is 0 Å². The Kier molecular flexibility index (Phi) is 6.41. The van der Waals surface area contributed by atoms with Gasteiger partial charge in [0.25, 0.3) is 11.8 Å². The van der Waals surface area contributed by atoms with Gasteiger partial charge in [-0.25, -0.2) is 0 Å². The van der Waals surface area contributed by atoms with Gasteiger partial charge in [-0.3, -0.25) is 9.59 Å². The SMILES string of the molecule is COc1ccccc1CCNC(=O)c1ccc(C(=O)Nc2ccccc2)cc1. The van der Waals surface area contributed by atoms with Crippen molar-refractivity contribution in [3.63, 3.8) is 0 Å². The summed E-state index contributed by atoms with van der Waals surface area (Å²) in [6, 6.07) is 23.6. The van der Waals surface area contributed by atoms with Crippen molar-refractivity contribution < 1.29 is 14.3 Å². The molecule has 2 amide bonds. The molecule has 0 aliphatic rings. The van der Waals surface area contributed by atoms with Crippen LogP contribution in [0.5, 0.6) is 5.75 Å². The van der Waals surface area contributed by atoms with E-state index in [4.69, 9.17) is 4.74 Å². The van der Waals surface area contributed by atoms with Crippen LogP contribution in [0, 0.1) is 0 Å². The molecule has 3 aromatic rings. The van der Waals surface area contributed by atoms with Crippen molar-refractivity contribution >= 4 is 17.5 Å². The molecule has 0 bridgehead atoms. The van der Waals surface area contributed by atoms with Crippen LogP contribution in [0.3, 0.4) is 0 Å². The Hall–Kier alpha value is -3.60. The van der Waals surface area contributed by atoms with Crippen molar-refractivity contribution in [3.05, 3.63) is 95.6 Å². The first-order chi connectivity index (χ1) is 13.7. The highest BCUT2D eigenvalue weighted by Gasteiger charge is 2.09. The smallest absolute Gasteiger partial charge is 0.255 e. The number of para-hydroxylation sites is 2. The quantitative estimate of drug-likeness (QED) is 0.659. The Balaban J connectivity index is 1.54. The van der Waals surface area contributed by atoms with Crippen molar-refractivity contribution in [3.8, 4) is 5.75 Å². The number of hydrogen-bond acceptors (Lipinski definition) is 3. The van der Waals surface area contributed by atoms with E-state index in [-0.39, 0.29) is 11.8 Å². The Labute approximate surface area is 164 Å². The molecule has 3 aromatic carbocycles. The van der Waals surface area contributed by atoms with Gasteiger partial charge in [0.05, 0.1) is 7.11 Å². The molecule has 0 atom stereocenters. The molecule has 2 N–H and O–H groups in total. The lowest BCUT2D eigenvalue weighted by Gasteiger charge is -2.09. The third kappa shape index (κ3) is 4.98. The highest BCUT2D eigenvalue weighted by atomic mass is 16.5. The van der Waals surface area contributed by atoms with Gasteiger partial charge in [0.2, 0.25) is 0 Å². The summed E-state index contributed by atoms with van der Waals surface area (Å²) in [5, 5.41) is 5.71. The van der Waals surface area contributed by atoms with E-state index in [1.54, 1.807) is 31.4 Å². The summed E-state index contributed by atoms with van der Waals surface area (Å²) in [4.78, 5) is 24.6. The highest BCUT2D eigenvalue weighted by Crippen LogP contribution is 2.17. The molecule has 3 rings (SSSR count). The van der Waals surface area contributed by atoms with Crippen LogP contribution >= 0.6 is 0 Å². The molecule has 0 aliphatic carbocycles. The topological polar surface area (TPSA) is 67.4 Å². The summed E-state index contributed by atoms with van der Waals surface area (Å²) in [6.07, 6.45) is 0.674. The third-order valence-electron chi connectivity index (χ3n) is 4.31. The zero-order chi connectivity index (χ0) is 19.8. The van der Waals surface area contributed by atoms with Crippen LogP contribution in [0.15, 0.2) is 78.9 Å². The number of amides is 2. The first-order valence-electron chi connectivity index (χ1n) is 9.04. The molecule has 0 saturated heterocycles. The van der Waals surface area contributed by atoms with Crippen molar-refractivity contribution in [1.82, 2.24) is 5.32 Å². The fourth-order valence-electron chi connectivity index (χ4n) is 2.82. The minimum atomic E-state index is -0.214. The predicted molar refractivity (Wildman–Crippen MR) is 110 cm³/mol. The van der Waals surface area contributed by atoms with Gasteiger partial charge in [0, 0.05) is 23.4 Å². The first-order valence-corrected chi connectivity index (χ1v) is 9.04. The molecule has 142 valence electrons. The van der Waals surface area contributed by atoms with Gasteiger partial charge < -0.3 is 15.4 Å². The van der Waals surface area contributed by atoms with E-state index in [1.807, 2.05) is 54.6 Å². The molecule has 0 saturated carbocycles. The Morgan fingerprint density at radius 2 is 1.39 bits per heavy atom. The molecule has 0 radical (unpaired) electrons. The summed E-state index contributed by atoms with van der Waals surface area (Å²) in [5.41, 5.74) is 2.77. The van der Waals surface area contributed by atoms with E-state index in [9.17, 15) is 9.59 Å². The monoisotopic (exact) mass is 374 g/mol. The lowest BCUT2D eigenvalue weighted by molar-refractivity contribution is 0.0952. The number of anilines is 1. The van der Waals surface area contributed by atoms with Gasteiger partial charge in [-0.1, -0.05) is 36.4 Å². The summed E-state index contributed by atoms with van der Waals surface area (Å²) in [7, 11) is 1.63. The van der Waals surface area contributed by atoms with E-state index in [1.165, 1.54) is 0 Å². The van der Waals surface area contributed by atoms with Crippen LogP contribution in [0.1, 0.15) is 26.3 Å². The van der Waals surface area contributed by atoms with Crippen LogP contribution in [0.25, 0.3) is 0 Å². The number of benzene rings is 3. The van der Waals surface area contributed by atoms with Crippen molar-refractivity contribution in [2.45, 2.75) is 6.42 Å². The third-order valence-corrected chi connectivity index (χ3v) is 4.31. The summed E-state index contributed by atoms with van der Waals surface area (Å²) in [6.45, 7) is 0.495. The van der Waals surface area contributed by atoms with Crippen LogP contribution < -0.4 is 15.4 Å². The van der Waals surface area contributed by atoms with E-state index >= 15 is 0 Å². The first kappa shape index (κ1) is 19.2. The second-order valence-electron chi connectivity index (χ2n) is 6.22. The second-order valence-corrected chi connectivity index (χ2v) is 6.22. The molecule has 0 aliphatic heterocycles. The van der Waals surface area contributed by atoms with Gasteiger partial charge in [0.1, 0.15) is 5.75 Å². The molecule has 0 aromatic heterocycles. The molecular formula is C23H22N2O3. The number of hydrogen-bond donors (Lipinski definition) is 2. The maximum atomic E-state index is 12.3. The number of nitrogens with one attached hydrogen (secondary N) is 2. The molecule has 0 unspecified atom stereocenters.